The van der Waals surface area contributed by atoms with E-state index in [1.807, 2.05) is 0 Å². The predicted molar refractivity (Wildman–Crippen MR) is 122 cm³/mol. The molecular formula is C21H19Cl2N5O2. The largest absolute Gasteiger partial charge is 0.323 e. The first kappa shape index (κ1) is 21.4. The fourth-order valence-electron chi connectivity index (χ4n) is 2.66. The molecule has 4 amide bonds. The van der Waals surface area contributed by atoms with Crippen molar-refractivity contribution >= 4 is 58.0 Å². The first-order valence-electron chi connectivity index (χ1n) is 8.97. The van der Waals surface area contributed by atoms with Crippen molar-refractivity contribution in [1.82, 2.24) is 4.98 Å². The summed E-state index contributed by atoms with van der Waals surface area (Å²) in [5.41, 5.74) is 3.04. The molecular weight excluding hydrogens is 425 g/mol. The second-order valence-electron chi connectivity index (χ2n) is 6.37. The minimum Gasteiger partial charge on any atom is -0.306 e. The summed E-state index contributed by atoms with van der Waals surface area (Å²) in [6.45, 7) is 3.51. The van der Waals surface area contributed by atoms with Gasteiger partial charge in [0.05, 0.1) is 44.2 Å². The average Bonchev–Trinajstić information content (AvgIpc) is 2.69. The van der Waals surface area contributed by atoms with Crippen LogP contribution in [-0.2, 0) is 0 Å². The third kappa shape index (κ3) is 5.40. The molecule has 1 heterocycles. The second kappa shape index (κ2) is 9.47. The Balaban J connectivity index is 1.72. The second-order valence-corrected chi connectivity index (χ2v) is 7.19. The maximum atomic E-state index is 12.4. The highest BCUT2D eigenvalue weighted by Crippen LogP contribution is 2.25. The summed E-state index contributed by atoms with van der Waals surface area (Å²) < 4.78 is 0. The Labute approximate surface area is 183 Å². The lowest BCUT2D eigenvalue weighted by Crippen LogP contribution is -2.22. The molecule has 2 aromatic carbocycles. The fourth-order valence-corrected chi connectivity index (χ4v) is 3.02. The number of nitrogens with zero attached hydrogens (tertiary/aromatic N) is 1. The molecule has 0 aliphatic rings. The molecule has 0 fully saturated rings. The molecule has 30 heavy (non-hydrogen) atoms. The summed E-state index contributed by atoms with van der Waals surface area (Å²) in [7, 11) is 0. The molecule has 0 unspecified atom stereocenters. The van der Waals surface area contributed by atoms with Crippen LogP contribution in [0.3, 0.4) is 0 Å². The topological polar surface area (TPSA) is 95.2 Å². The van der Waals surface area contributed by atoms with Crippen molar-refractivity contribution < 1.29 is 9.59 Å². The van der Waals surface area contributed by atoms with Crippen LogP contribution in [0, 0.1) is 13.8 Å². The highest BCUT2D eigenvalue weighted by atomic mass is 35.5. The van der Waals surface area contributed by atoms with Gasteiger partial charge in [0, 0.05) is 0 Å². The highest BCUT2D eigenvalue weighted by molar-refractivity contribution is 6.34. The number of pyridine rings is 1. The zero-order valence-electron chi connectivity index (χ0n) is 16.2. The molecule has 3 rings (SSSR count). The van der Waals surface area contributed by atoms with Crippen molar-refractivity contribution in [2.75, 3.05) is 21.3 Å². The molecule has 0 aliphatic carbocycles. The first-order valence-corrected chi connectivity index (χ1v) is 9.72. The summed E-state index contributed by atoms with van der Waals surface area (Å²) in [5.74, 6) is 0. The number of amides is 4. The number of benzene rings is 2. The molecule has 4 N–H and O–H groups in total. The molecule has 0 radical (unpaired) electrons. The number of aromatic nitrogens is 1. The SMILES string of the molecule is Cc1nc(C)c(NC(=O)Nc2ccccc2Cl)cc1NC(=O)Nc1ccccc1Cl. The fraction of sp³-hybridized carbons (Fsp3) is 0.0952. The summed E-state index contributed by atoms with van der Waals surface area (Å²) in [4.78, 5) is 29.1. The molecule has 0 atom stereocenters. The molecule has 9 heteroatoms. The lowest BCUT2D eigenvalue weighted by atomic mass is 10.2. The van der Waals surface area contributed by atoms with E-state index in [1.165, 1.54) is 0 Å². The number of rotatable bonds is 4. The zero-order valence-corrected chi connectivity index (χ0v) is 17.7. The maximum absolute atomic E-state index is 12.4. The Hall–Kier alpha value is -3.29. The van der Waals surface area contributed by atoms with E-state index in [0.717, 1.165) is 0 Å². The third-order valence-electron chi connectivity index (χ3n) is 4.14. The van der Waals surface area contributed by atoms with Crippen molar-refractivity contribution in [2.45, 2.75) is 13.8 Å². The Kier molecular flexibility index (Phi) is 6.76. The normalized spacial score (nSPS) is 10.3. The van der Waals surface area contributed by atoms with E-state index in [1.54, 1.807) is 68.4 Å². The Morgan fingerprint density at radius 2 is 1.03 bits per heavy atom. The number of carbonyl (C=O) groups is 2. The Morgan fingerprint density at radius 3 is 1.43 bits per heavy atom. The van der Waals surface area contributed by atoms with Gasteiger partial charge in [-0.05, 0) is 44.2 Å². The molecule has 1 aromatic heterocycles. The minimum absolute atomic E-state index is 0.421. The van der Waals surface area contributed by atoms with Crippen LogP contribution in [-0.4, -0.2) is 17.0 Å². The van der Waals surface area contributed by atoms with Gasteiger partial charge in [0.25, 0.3) is 0 Å². The smallest absolute Gasteiger partial charge is 0.306 e. The van der Waals surface area contributed by atoms with Crippen molar-refractivity contribution in [2.24, 2.45) is 0 Å². The summed E-state index contributed by atoms with van der Waals surface area (Å²) >= 11 is 12.1. The van der Waals surface area contributed by atoms with Gasteiger partial charge in [-0.2, -0.15) is 0 Å². The van der Waals surface area contributed by atoms with Crippen LogP contribution in [0.2, 0.25) is 10.0 Å². The number of carbonyl (C=O) groups excluding carboxylic acids is 2. The summed E-state index contributed by atoms with van der Waals surface area (Å²) in [5, 5.41) is 11.6. The molecule has 0 saturated carbocycles. The van der Waals surface area contributed by atoms with Crippen LogP contribution < -0.4 is 21.3 Å². The predicted octanol–water partition coefficient (Wildman–Crippen LogP) is 6.29. The van der Waals surface area contributed by atoms with E-state index < -0.39 is 12.1 Å². The number of para-hydroxylation sites is 2. The van der Waals surface area contributed by atoms with E-state index in [0.29, 0.717) is 44.2 Å². The van der Waals surface area contributed by atoms with Gasteiger partial charge in [-0.1, -0.05) is 47.5 Å². The summed E-state index contributed by atoms with van der Waals surface area (Å²) in [6, 6.07) is 14.5. The van der Waals surface area contributed by atoms with E-state index in [4.69, 9.17) is 23.2 Å². The Bertz CT molecular complexity index is 1020. The third-order valence-corrected chi connectivity index (χ3v) is 4.80. The molecule has 0 bridgehead atoms. The van der Waals surface area contributed by atoms with E-state index >= 15 is 0 Å². The van der Waals surface area contributed by atoms with Gasteiger partial charge in [-0.25, -0.2) is 9.59 Å². The maximum Gasteiger partial charge on any atom is 0.323 e. The van der Waals surface area contributed by atoms with Gasteiger partial charge in [-0.15, -0.1) is 0 Å². The van der Waals surface area contributed by atoms with Crippen molar-refractivity contribution in [3.05, 3.63) is 76.0 Å². The van der Waals surface area contributed by atoms with Crippen LogP contribution in [0.1, 0.15) is 11.4 Å². The quantitative estimate of drug-likeness (QED) is 0.381. The average molecular weight is 444 g/mol. The summed E-state index contributed by atoms with van der Waals surface area (Å²) in [6.07, 6.45) is 0. The number of anilines is 4. The number of halogens is 2. The van der Waals surface area contributed by atoms with Gasteiger partial charge < -0.3 is 21.3 Å². The molecule has 0 saturated heterocycles. The van der Waals surface area contributed by atoms with E-state index in [2.05, 4.69) is 26.3 Å². The monoisotopic (exact) mass is 443 g/mol. The molecule has 7 nitrogen and oxygen atoms in total. The zero-order chi connectivity index (χ0) is 21.7. The van der Waals surface area contributed by atoms with Crippen molar-refractivity contribution in [1.29, 1.82) is 0 Å². The van der Waals surface area contributed by atoms with Crippen LogP contribution in [0.25, 0.3) is 0 Å². The van der Waals surface area contributed by atoms with E-state index in [-0.39, 0.29) is 0 Å². The lowest BCUT2D eigenvalue weighted by Gasteiger charge is -2.15. The van der Waals surface area contributed by atoms with Crippen molar-refractivity contribution in [3.63, 3.8) is 0 Å². The number of urea groups is 2. The van der Waals surface area contributed by atoms with Crippen LogP contribution in [0.15, 0.2) is 54.6 Å². The van der Waals surface area contributed by atoms with Crippen molar-refractivity contribution in [3.8, 4) is 0 Å². The van der Waals surface area contributed by atoms with E-state index in [9.17, 15) is 9.59 Å². The number of aryl methyl sites for hydroxylation is 2. The van der Waals surface area contributed by atoms with Gasteiger partial charge in [0.2, 0.25) is 0 Å². The number of nitrogens with one attached hydrogen (secondary N) is 4. The number of hydrogen-bond donors (Lipinski definition) is 4. The molecule has 154 valence electrons. The molecule has 0 spiro atoms. The number of hydrogen-bond acceptors (Lipinski definition) is 3. The highest BCUT2D eigenvalue weighted by Gasteiger charge is 2.13. The van der Waals surface area contributed by atoms with Gasteiger partial charge >= 0.3 is 12.1 Å². The van der Waals surface area contributed by atoms with Crippen LogP contribution in [0.4, 0.5) is 32.3 Å². The minimum atomic E-state index is -0.483. The van der Waals surface area contributed by atoms with Crippen LogP contribution in [0.5, 0.6) is 0 Å². The standard InChI is InChI=1S/C21H19Cl2N5O2/c1-12-18(27-20(29)25-16-9-5-3-7-14(16)22)11-19(13(2)24-12)28-21(30)26-17-10-6-4-8-15(17)23/h3-11H,1-2H3,(H2,25,27,29)(H2,26,28,30). The van der Waals surface area contributed by atoms with Crippen LogP contribution >= 0.6 is 23.2 Å². The molecule has 0 aliphatic heterocycles. The Morgan fingerprint density at radius 1 is 0.667 bits per heavy atom. The van der Waals surface area contributed by atoms with Gasteiger partial charge in [0.1, 0.15) is 0 Å². The lowest BCUT2D eigenvalue weighted by molar-refractivity contribution is 0.261. The van der Waals surface area contributed by atoms with Gasteiger partial charge in [-0.3, -0.25) is 4.98 Å². The molecule has 3 aromatic rings. The van der Waals surface area contributed by atoms with Gasteiger partial charge in [0.15, 0.2) is 0 Å². The first-order chi connectivity index (χ1) is 14.3.